The van der Waals surface area contributed by atoms with Crippen LogP contribution in [-0.2, 0) is 28.5 Å². The lowest BCUT2D eigenvalue weighted by Crippen LogP contribution is -2.48. The van der Waals surface area contributed by atoms with Crippen molar-refractivity contribution in [3.8, 4) is 0 Å². The summed E-state index contributed by atoms with van der Waals surface area (Å²) in [5.41, 5.74) is 0. The summed E-state index contributed by atoms with van der Waals surface area (Å²) in [6.45, 7) is 2.71. The van der Waals surface area contributed by atoms with Crippen LogP contribution >= 0.6 is 0 Å². The van der Waals surface area contributed by atoms with Crippen molar-refractivity contribution in [1.82, 2.24) is 0 Å². The molecule has 0 amide bonds. The normalized spacial score (nSPS) is 46.0. The van der Waals surface area contributed by atoms with Gasteiger partial charge in [0.25, 0.3) is 0 Å². The van der Waals surface area contributed by atoms with E-state index in [1.165, 1.54) is 13.8 Å². The number of rotatable bonds is 2. The smallest absolute Gasteiger partial charge is 0.302 e. The lowest BCUT2D eigenvalue weighted by atomic mass is 10.0. The lowest BCUT2D eigenvalue weighted by molar-refractivity contribution is -0.201. The topological polar surface area (TPSA) is 74.4 Å². The number of carbonyl (C=O) groups is 2. The number of epoxide rings is 1. The quantitative estimate of drug-likeness (QED) is 0.492. The van der Waals surface area contributed by atoms with Gasteiger partial charge in [-0.05, 0) is 0 Å². The van der Waals surface area contributed by atoms with Gasteiger partial charge in [-0.2, -0.15) is 0 Å². The second-order valence-electron chi connectivity index (χ2n) is 4.66. The average molecular weight is 242 g/mol. The van der Waals surface area contributed by atoms with Crippen LogP contribution in [0, 0.1) is 0 Å². The Morgan fingerprint density at radius 2 is 1.29 bits per heavy atom. The van der Waals surface area contributed by atoms with Crippen LogP contribution in [0.2, 0.25) is 0 Å². The van der Waals surface area contributed by atoms with Crippen LogP contribution in [0.15, 0.2) is 0 Å². The summed E-state index contributed by atoms with van der Waals surface area (Å²) in [5.74, 6) is -0.717. The molecule has 0 unspecified atom stereocenters. The van der Waals surface area contributed by atoms with E-state index in [0.717, 1.165) is 0 Å². The molecule has 6 atom stereocenters. The first-order chi connectivity index (χ1) is 8.06. The van der Waals surface area contributed by atoms with Gasteiger partial charge in [-0.1, -0.05) is 0 Å². The maximum absolute atomic E-state index is 11.0. The maximum atomic E-state index is 11.0. The van der Waals surface area contributed by atoms with E-state index in [0.29, 0.717) is 6.42 Å². The van der Waals surface area contributed by atoms with Crippen molar-refractivity contribution >= 4 is 11.9 Å². The van der Waals surface area contributed by atoms with Crippen LogP contribution in [0.3, 0.4) is 0 Å². The Bertz CT molecular complexity index is 335. The summed E-state index contributed by atoms with van der Waals surface area (Å²) >= 11 is 0. The van der Waals surface area contributed by atoms with Crippen molar-refractivity contribution in [2.45, 2.75) is 56.9 Å². The molecule has 3 aliphatic rings. The van der Waals surface area contributed by atoms with Gasteiger partial charge in [0.15, 0.2) is 0 Å². The Morgan fingerprint density at radius 3 is 1.71 bits per heavy atom. The second kappa shape index (κ2) is 3.68. The highest BCUT2D eigenvalue weighted by molar-refractivity contribution is 5.67. The van der Waals surface area contributed by atoms with E-state index in [4.69, 9.17) is 18.9 Å². The van der Waals surface area contributed by atoms with Gasteiger partial charge in [-0.25, -0.2) is 0 Å². The largest absolute Gasteiger partial charge is 0.460 e. The van der Waals surface area contributed by atoms with E-state index in [1.54, 1.807) is 0 Å². The molecule has 3 heterocycles. The first-order valence-electron chi connectivity index (χ1n) is 5.71. The van der Waals surface area contributed by atoms with Crippen LogP contribution in [0.5, 0.6) is 0 Å². The molecule has 3 aliphatic heterocycles. The molecule has 3 fully saturated rings. The van der Waals surface area contributed by atoms with Crippen LogP contribution in [-0.4, -0.2) is 48.6 Å². The third-order valence-corrected chi connectivity index (χ3v) is 3.36. The van der Waals surface area contributed by atoms with Gasteiger partial charge in [0.2, 0.25) is 0 Å². The molecule has 2 bridgehead atoms. The van der Waals surface area contributed by atoms with Crippen LogP contribution in [0.4, 0.5) is 0 Å². The zero-order valence-corrected chi connectivity index (χ0v) is 9.62. The molecule has 0 spiro atoms. The molecule has 0 N–H and O–H groups in total. The first kappa shape index (κ1) is 11.0. The fourth-order valence-corrected chi connectivity index (χ4v) is 2.75. The molecule has 0 aromatic carbocycles. The van der Waals surface area contributed by atoms with Gasteiger partial charge in [0.05, 0.1) is 0 Å². The van der Waals surface area contributed by atoms with E-state index in [2.05, 4.69) is 0 Å². The molecular weight excluding hydrogens is 228 g/mol. The Morgan fingerprint density at radius 1 is 0.882 bits per heavy atom. The number of ether oxygens (including phenoxy) is 4. The summed E-state index contributed by atoms with van der Waals surface area (Å²) < 4.78 is 21.5. The average Bonchev–Trinajstić information content (AvgIpc) is 2.91. The molecule has 3 saturated heterocycles. The Balaban J connectivity index is 1.74. The van der Waals surface area contributed by atoms with Crippen molar-refractivity contribution in [1.29, 1.82) is 0 Å². The van der Waals surface area contributed by atoms with Crippen LogP contribution in [0.25, 0.3) is 0 Å². The lowest BCUT2D eigenvalue weighted by Gasteiger charge is -2.35. The predicted molar refractivity (Wildman–Crippen MR) is 53.0 cm³/mol. The maximum Gasteiger partial charge on any atom is 0.302 e. The molecule has 0 aliphatic carbocycles. The highest BCUT2D eigenvalue weighted by Gasteiger charge is 2.66. The van der Waals surface area contributed by atoms with Crippen LogP contribution < -0.4 is 0 Å². The van der Waals surface area contributed by atoms with E-state index in [1.807, 2.05) is 0 Å². The third kappa shape index (κ3) is 1.81. The first-order valence-corrected chi connectivity index (χ1v) is 5.71. The molecule has 3 rings (SSSR count). The summed E-state index contributed by atoms with van der Waals surface area (Å²) in [6.07, 6.45) is -0.711. The fourth-order valence-electron chi connectivity index (χ4n) is 2.75. The van der Waals surface area contributed by atoms with E-state index >= 15 is 0 Å². The Labute approximate surface area is 98.1 Å². The van der Waals surface area contributed by atoms with Crippen LogP contribution in [0.1, 0.15) is 20.3 Å². The van der Waals surface area contributed by atoms with Gasteiger partial charge >= 0.3 is 11.9 Å². The number of hydrogen-bond acceptors (Lipinski definition) is 6. The highest BCUT2D eigenvalue weighted by atomic mass is 16.7. The molecule has 17 heavy (non-hydrogen) atoms. The van der Waals surface area contributed by atoms with Gasteiger partial charge < -0.3 is 18.9 Å². The van der Waals surface area contributed by atoms with E-state index in [9.17, 15) is 9.59 Å². The zero-order valence-electron chi connectivity index (χ0n) is 9.62. The second-order valence-corrected chi connectivity index (χ2v) is 4.66. The molecule has 0 saturated carbocycles. The SMILES string of the molecule is CC(=O)O[C@@H]1C[C@@H](OC(C)=O)[C@H]2O[C@@H]1[C@H]1O[C@H]12. The van der Waals surface area contributed by atoms with E-state index < -0.39 is 0 Å². The molecule has 0 aromatic heterocycles. The van der Waals surface area contributed by atoms with E-state index in [-0.39, 0.29) is 48.6 Å². The van der Waals surface area contributed by atoms with Gasteiger partial charge in [-0.3, -0.25) is 9.59 Å². The fraction of sp³-hybridized carbons (Fsp3) is 0.818. The standard InChI is InChI=1S/C11H14O6/c1-4(12)14-6-3-7(15-5(2)13)9-11-10(17-11)8(6)16-9/h6-11H,3H2,1-2H3/t6-,7-,8-,9+,10+,11-/m1/s1. The van der Waals surface area contributed by atoms with Crippen molar-refractivity contribution in [3.05, 3.63) is 0 Å². The summed E-state index contributed by atoms with van der Waals surface area (Å²) in [5, 5.41) is 0. The van der Waals surface area contributed by atoms with Crippen molar-refractivity contribution < 1.29 is 28.5 Å². The Kier molecular flexibility index (Phi) is 2.38. The van der Waals surface area contributed by atoms with Crippen molar-refractivity contribution in [3.63, 3.8) is 0 Å². The third-order valence-electron chi connectivity index (χ3n) is 3.36. The predicted octanol–water partition coefficient (Wildman–Crippen LogP) is -0.212. The van der Waals surface area contributed by atoms with Gasteiger partial charge in [-0.15, -0.1) is 0 Å². The minimum Gasteiger partial charge on any atom is -0.460 e. The Hall–Kier alpha value is -1.14. The number of esters is 2. The minimum atomic E-state index is -0.384. The molecule has 0 radical (unpaired) electrons. The zero-order chi connectivity index (χ0) is 12.2. The summed E-state index contributed by atoms with van der Waals surface area (Å²) in [7, 11) is 0. The monoisotopic (exact) mass is 242 g/mol. The molecule has 94 valence electrons. The van der Waals surface area contributed by atoms with Gasteiger partial charge in [0, 0.05) is 20.3 Å². The number of hydrogen-bond donors (Lipinski definition) is 0. The molecule has 6 heteroatoms. The van der Waals surface area contributed by atoms with Crippen molar-refractivity contribution in [2.24, 2.45) is 0 Å². The highest BCUT2D eigenvalue weighted by Crippen LogP contribution is 2.48. The summed E-state index contributed by atoms with van der Waals surface area (Å²) in [6, 6.07) is 0. The van der Waals surface area contributed by atoms with Crippen molar-refractivity contribution in [2.75, 3.05) is 0 Å². The summed E-state index contributed by atoms with van der Waals surface area (Å²) in [4.78, 5) is 22.0. The molecular formula is C11H14O6. The van der Waals surface area contributed by atoms with Gasteiger partial charge in [0.1, 0.15) is 36.6 Å². The minimum absolute atomic E-state index is 0.00934. The molecule has 6 nitrogen and oxygen atoms in total. The number of carbonyl (C=O) groups excluding carboxylic acids is 2. The number of fused-ring (bicyclic) bond motifs is 5. The molecule has 0 aromatic rings.